The van der Waals surface area contributed by atoms with Crippen LogP contribution in [0.2, 0.25) is 0 Å². The molecule has 1 aromatic carbocycles. The SMILES string of the molecule is CCOc1cc(C#N)ccc1O[C@@H](C)C(=O)NC(N)=O. The number of hydrogen-bond donors (Lipinski definition) is 2. The second kappa shape index (κ2) is 6.99. The van der Waals surface area contributed by atoms with Crippen molar-refractivity contribution in [3.05, 3.63) is 23.8 Å². The maximum atomic E-state index is 11.5. The fourth-order valence-electron chi connectivity index (χ4n) is 1.41. The maximum absolute atomic E-state index is 11.5. The van der Waals surface area contributed by atoms with Crippen molar-refractivity contribution in [1.29, 1.82) is 5.26 Å². The number of ether oxygens (including phenoxy) is 2. The molecule has 0 fully saturated rings. The van der Waals surface area contributed by atoms with Crippen LogP contribution in [0.4, 0.5) is 4.79 Å². The molecule has 7 heteroatoms. The molecule has 0 heterocycles. The summed E-state index contributed by atoms with van der Waals surface area (Å²) in [4.78, 5) is 22.1. The number of hydrogen-bond acceptors (Lipinski definition) is 5. The fraction of sp³-hybridized carbons (Fsp3) is 0.308. The predicted molar refractivity (Wildman–Crippen MR) is 70.1 cm³/mol. The Bertz CT molecular complexity index is 551. The number of amides is 3. The van der Waals surface area contributed by atoms with Crippen LogP contribution in [0.3, 0.4) is 0 Å². The molecule has 0 spiro atoms. The van der Waals surface area contributed by atoms with Gasteiger partial charge in [-0.25, -0.2) is 4.79 Å². The Hall–Kier alpha value is -2.75. The molecule has 3 N–H and O–H groups in total. The lowest BCUT2D eigenvalue weighted by Gasteiger charge is -2.16. The van der Waals surface area contributed by atoms with Crippen molar-refractivity contribution in [1.82, 2.24) is 5.32 Å². The van der Waals surface area contributed by atoms with Crippen LogP contribution < -0.4 is 20.5 Å². The highest BCUT2D eigenvalue weighted by Crippen LogP contribution is 2.29. The number of nitriles is 1. The molecule has 1 rings (SSSR count). The largest absolute Gasteiger partial charge is 0.490 e. The van der Waals surface area contributed by atoms with Crippen molar-refractivity contribution in [3.8, 4) is 17.6 Å². The Morgan fingerprint density at radius 3 is 2.70 bits per heavy atom. The summed E-state index contributed by atoms with van der Waals surface area (Å²) in [6.45, 7) is 3.63. The first-order chi connectivity index (χ1) is 9.47. The first-order valence-electron chi connectivity index (χ1n) is 5.91. The molecule has 0 aromatic heterocycles. The van der Waals surface area contributed by atoms with E-state index in [1.54, 1.807) is 6.92 Å². The molecule has 0 aliphatic heterocycles. The zero-order valence-corrected chi connectivity index (χ0v) is 11.2. The molecule has 106 valence electrons. The summed E-state index contributed by atoms with van der Waals surface area (Å²) in [5.41, 5.74) is 5.26. The zero-order chi connectivity index (χ0) is 15.1. The van der Waals surface area contributed by atoms with Crippen molar-refractivity contribution < 1.29 is 19.1 Å². The number of primary amides is 1. The molecule has 0 radical (unpaired) electrons. The lowest BCUT2D eigenvalue weighted by Crippen LogP contribution is -2.42. The van der Waals surface area contributed by atoms with E-state index in [2.05, 4.69) is 0 Å². The van der Waals surface area contributed by atoms with Gasteiger partial charge in [-0.1, -0.05) is 0 Å². The molecule has 0 aliphatic rings. The third-order valence-electron chi connectivity index (χ3n) is 2.29. The van der Waals surface area contributed by atoms with Gasteiger partial charge in [0.1, 0.15) is 0 Å². The van der Waals surface area contributed by atoms with Gasteiger partial charge in [0.05, 0.1) is 18.2 Å². The number of nitrogens with zero attached hydrogens (tertiary/aromatic N) is 1. The molecule has 0 bridgehead atoms. The molecule has 0 saturated carbocycles. The number of carbonyl (C=O) groups is 2. The minimum absolute atomic E-state index is 0.304. The molecule has 7 nitrogen and oxygen atoms in total. The summed E-state index contributed by atoms with van der Waals surface area (Å²) < 4.78 is 10.7. The second-order valence-corrected chi connectivity index (χ2v) is 3.82. The van der Waals surface area contributed by atoms with E-state index >= 15 is 0 Å². The second-order valence-electron chi connectivity index (χ2n) is 3.82. The average Bonchev–Trinajstić information content (AvgIpc) is 2.40. The Morgan fingerprint density at radius 1 is 1.45 bits per heavy atom. The normalized spacial score (nSPS) is 11.1. The summed E-state index contributed by atoms with van der Waals surface area (Å²) in [5.74, 6) is -0.00689. The maximum Gasteiger partial charge on any atom is 0.318 e. The van der Waals surface area contributed by atoms with Crippen LogP contribution in [-0.2, 0) is 4.79 Å². The van der Waals surface area contributed by atoms with Gasteiger partial charge in [-0.2, -0.15) is 5.26 Å². The number of benzene rings is 1. The van der Waals surface area contributed by atoms with Crippen LogP contribution in [0.5, 0.6) is 11.5 Å². The minimum Gasteiger partial charge on any atom is -0.490 e. The molecule has 0 unspecified atom stereocenters. The number of rotatable bonds is 5. The van der Waals surface area contributed by atoms with E-state index < -0.39 is 18.0 Å². The van der Waals surface area contributed by atoms with E-state index in [0.717, 1.165) is 0 Å². The highest BCUT2D eigenvalue weighted by Gasteiger charge is 2.18. The van der Waals surface area contributed by atoms with Crippen molar-refractivity contribution in [3.63, 3.8) is 0 Å². The number of carbonyl (C=O) groups excluding carboxylic acids is 2. The molecule has 1 atom stereocenters. The summed E-state index contributed by atoms with van der Waals surface area (Å²) >= 11 is 0. The predicted octanol–water partition coefficient (Wildman–Crippen LogP) is 0.919. The molecular formula is C13H15N3O4. The van der Waals surface area contributed by atoms with Crippen molar-refractivity contribution in [2.45, 2.75) is 20.0 Å². The van der Waals surface area contributed by atoms with Gasteiger partial charge >= 0.3 is 6.03 Å². The number of imide groups is 1. The zero-order valence-electron chi connectivity index (χ0n) is 11.2. The van der Waals surface area contributed by atoms with Gasteiger partial charge in [-0.3, -0.25) is 10.1 Å². The Labute approximate surface area is 116 Å². The summed E-state index contributed by atoms with van der Waals surface area (Å²) in [6.07, 6.45) is -0.936. The topological polar surface area (TPSA) is 114 Å². The Balaban J connectivity index is 2.88. The first-order valence-corrected chi connectivity index (χ1v) is 5.91. The third-order valence-corrected chi connectivity index (χ3v) is 2.29. The number of nitrogens with one attached hydrogen (secondary N) is 1. The van der Waals surface area contributed by atoms with Crippen LogP contribution in [0.1, 0.15) is 19.4 Å². The summed E-state index contributed by atoms with van der Waals surface area (Å²) in [7, 11) is 0. The monoisotopic (exact) mass is 277 g/mol. The van der Waals surface area contributed by atoms with Gasteiger partial charge in [0, 0.05) is 6.07 Å². The summed E-state index contributed by atoms with van der Waals surface area (Å²) in [5, 5.41) is 10.7. The molecule has 1 aromatic rings. The highest BCUT2D eigenvalue weighted by molar-refractivity contribution is 5.95. The Morgan fingerprint density at radius 2 is 2.15 bits per heavy atom. The highest BCUT2D eigenvalue weighted by atomic mass is 16.5. The van der Waals surface area contributed by atoms with Crippen LogP contribution in [-0.4, -0.2) is 24.6 Å². The minimum atomic E-state index is -0.949. The van der Waals surface area contributed by atoms with E-state index in [9.17, 15) is 9.59 Å². The van der Waals surface area contributed by atoms with Gasteiger partial charge in [0.25, 0.3) is 5.91 Å². The molecule has 20 heavy (non-hydrogen) atoms. The number of nitrogens with two attached hydrogens (primary N) is 1. The molecule has 0 aliphatic carbocycles. The van der Waals surface area contributed by atoms with Crippen LogP contribution >= 0.6 is 0 Å². The van der Waals surface area contributed by atoms with Crippen LogP contribution in [0.25, 0.3) is 0 Å². The van der Waals surface area contributed by atoms with E-state index in [1.165, 1.54) is 25.1 Å². The van der Waals surface area contributed by atoms with Gasteiger partial charge in [-0.15, -0.1) is 0 Å². The molecular weight excluding hydrogens is 262 g/mol. The van der Waals surface area contributed by atoms with E-state index in [0.29, 0.717) is 23.7 Å². The summed E-state index contributed by atoms with van der Waals surface area (Å²) in [6, 6.07) is 5.61. The van der Waals surface area contributed by atoms with Crippen molar-refractivity contribution in [2.24, 2.45) is 5.73 Å². The van der Waals surface area contributed by atoms with E-state index in [1.807, 2.05) is 11.4 Å². The van der Waals surface area contributed by atoms with E-state index in [4.69, 9.17) is 20.5 Å². The van der Waals surface area contributed by atoms with Crippen molar-refractivity contribution in [2.75, 3.05) is 6.61 Å². The van der Waals surface area contributed by atoms with Crippen LogP contribution in [0, 0.1) is 11.3 Å². The lowest BCUT2D eigenvalue weighted by atomic mass is 10.2. The average molecular weight is 277 g/mol. The van der Waals surface area contributed by atoms with Gasteiger partial charge < -0.3 is 15.2 Å². The number of urea groups is 1. The smallest absolute Gasteiger partial charge is 0.318 e. The first kappa shape index (κ1) is 15.3. The van der Waals surface area contributed by atoms with Gasteiger partial charge in [-0.05, 0) is 26.0 Å². The fourth-order valence-corrected chi connectivity index (χ4v) is 1.41. The molecule has 3 amide bonds. The lowest BCUT2D eigenvalue weighted by molar-refractivity contribution is -0.126. The third kappa shape index (κ3) is 4.17. The Kier molecular flexibility index (Phi) is 5.35. The van der Waals surface area contributed by atoms with Gasteiger partial charge in [0.15, 0.2) is 17.6 Å². The molecule has 0 saturated heterocycles. The van der Waals surface area contributed by atoms with Crippen molar-refractivity contribution >= 4 is 11.9 Å². The van der Waals surface area contributed by atoms with Crippen LogP contribution in [0.15, 0.2) is 18.2 Å². The van der Waals surface area contributed by atoms with E-state index in [-0.39, 0.29) is 0 Å². The standard InChI is InChI=1S/C13H15N3O4/c1-3-19-11-6-9(7-14)4-5-10(11)20-8(2)12(17)16-13(15)18/h4-6,8H,3H2,1-2H3,(H3,15,16,17,18)/t8-/m0/s1. The quantitative estimate of drug-likeness (QED) is 0.830. The van der Waals surface area contributed by atoms with Gasteiger partial charge in [0.2, 0.25) is 0 Å².